The van der Waals surface area contributed by atoms with E-state index in [1.165, 1.54) is 6.42 Å². The first-order valence-electron chi connectivity index (χ1n) is 6.13. The summed E-state index contributed by atoms with van der Waals surface area (Å²) in [5, 5.41) is 3.32. The van der Waals surface area contributed by atoms with Crippen molar-refractivity contribution in [2.45, 2.75) is 45.6 Å². The third-order valence-corrected chi connectivity index (χ3v) is 3.19. The molecule has 0 bridgehead atoms. The number of piperidine rings is 1. The van der Waals surface area contributed by atoms with Crippen LogP contribution >= 0.6 is 0 Å². The lowest BCUT2D eigenvalue weighted by molar-refractivity contribution is -0.133. The molecule has 0 spiro atoms. The van der Waals surface area contributed by atoms with Crippen molar-refractivity contribution in [3.05, 3.63) is 0 Å². The molecule has 1 aliphatic rings. The summed E-state index contributed by atoms with van der Waals surface area (Å²) < 4.78 is 0. The standard InChI is InChI=1S/C12H24N2O/c1-4-5-8-14(3)12(15)11-9-10(2)6-7-13-11/h10-11,13H,4-9H2,1-3H3. The SMILES string of the molecule is CCCCN(C)C(=O)C1CC(C)CCN1. The Hall–Kier alpha value is -0.570. The Morgan fingerprint density at radius 2 is 2.27 bits per heavy atom. The van der Waals surface area contributed by atoms with Crippen LogP contribution in [0.1, 0.15) is 39.5 Å². The Morgan fingerprint density at radius 1 is 1.53 bits per heavy atom. The first-order valence-corrected chi connectivity index (χ1v) is 6.13. The van der Waals surface area contributed by atoms with Gasteiger partial charge in [0.1, 0.15) is 0 Å². The number of unbranched alkanes of at least 4 members (excludes halogenated alkanes) is 1. The molecule has 2 atom stereocenters. The minimum absolute atomic E-state index is 0.0654. The molecule has 1 fully saturated rings. The van der Waals surface area contributed by atoms with Crippen LogP contribution in [0.4, 0.5) is 0 Å². The van der Waals surface area contributed by atoms with Gasteiger partial charge < -0.3 is 10.2 Å². The van der Waals surface area contributed by atoms with Gasteiger partial charge in [0.15, 0.2) is 0 Å². The predicted molar refractivity (Wildman–Crippen MR) is 62.7 cm³/mol. The van der Waals surface area contributed by atoms with Crippen molar-refractivity contribution in [1.82, 2.24) is 10.2 Å². The van der Waals surface area contributed by atoms with Crippen LogP contribution in [0, 0.1) is 5.92 Å². The van der Waals surface area contributed by atoms with Crippen molar-refractivity contribution < 1.29 is 4.79 Å². The Labute approximate surface area is 93.2 Å². The Balaban J connectivity index is 2.37. The fraction of sp³-hybridized carbons (Fsp3) is 0.917. The van der Waals surface area contributed by atoms with Gasteiger partial charge in [-0.05, 0) is 31.7 Å². The summed E-state index contributed by atoms with van der Waals surface area (Å²) in [4.78, 5) is 13.9. The molecule has 2 unspecified atom stereocenters. The smallest absolute Gasteiger partial charge is 0.239 e. The highest BCUT2D eigenvalue weighted by Crippen LogP contribution is 2.16. The second-order valence-corrected chi connectivity index (χ2v) is 4.75. The molecule has 88 valence electrons. The predicted octanol–water partition coefficient (Wildman–Crippen LogP) is 1.63. The van der Waals surface area contributed by atoms with Crippen molar-refractivity contribution in [3.8, 4) is 0 Å². The monoisotopic (exact) mass is 212 g/mol. The lowest BCUT2D eigenvalue weighted by Crippen LogP contribution is -2.49. The Kier molecular flexibility index (Phi) is 5.09. The molecular formula is C12H24N2O. The maximum absolute atomic E-state index is 12.0. The topological polar surface area (TPSA) is 32.3 Å². The van der Waals surface area contributed by atoms with Gasteiger partial charge in [0, 0.05) is 13.6 Å². The van der Waals surface area contributed by atoms with E-state index in [4.69, 9.17) is 0 Å². The maximum Gasteiger partial charge on any atom is 0.239 e. The van der Waals surface area contributed by atoms with Gasteiger partial charge in [0.25, 0.3) is 0 Å². The number of hydrogen-bond acceptors (Lipinski definition) is 2. The van der Waals surface area contributed by atoms with Gasteiger partial charge in [0.2, 0.25) is 5.91 Å². The molecule has 1 amide bonds. The minimum atomic E-state index is 0.0654. The molecular weight excluding hydrogens is 188 g/mol. The van der Waals surface area contributed by atoms with Crippen LogP contribution in [0.25, 0.3) is 0 Å². The van der Waals surface area contributed by atoms with Crippen LogP contribution in [0.2, 0.25) is 0 Å². The van der Waals surface area contributed by atoms with E-state index in [9.17, 15) is 4.79 Å². The molecule has 3 heteroatoms. The second kappa shape index (κ2) is 6.11. The van der Waals surface area contributed by atoms with E-state index in [1.807, 2.05) is 11.9 Å². The zero-order chi connectivity index (χ0) is 11.3. The number of nitrogens with one attached hydrogen (secondary N) is 1. The zero-order valence-electron chi connectivity index (χ0n) is 10.3. The molecule has 0 aliphatic carbocycles. The molecule has 0 aromatic carbocycles. The van der Waals surface area contributed by atoms with Gasteiger partial charge in [-0.25, -0.2) is 0 Å². The molecule has 0 aromatic heterocycles. The highest BCUT2D eigenvalue weighted by Gasteiger charge is 2.26. The average molecular weight is 212 g/mol. The first-order chi connectivity index (χ1) is 7.15. The zero-order valence-corrected chi connectivity index (χ0v) is 10.3. The van der Waals surface area contributed by atoms with Gasteiger partial charge in [-0.3, -0.25) is 4.79 Å². The van der Waals surface area contributed by atoms with Crippen molar-refractivity contribution in [3.63, 3.8) is 0 Å². The van der Waals surface area contributed by atoms with Crippen molar-refractivity contribution in [2.75, 3.05) is 20.1 Å². The summed E-state index contributed by atoms with van der Waals surface area (Å²) in [5.74, 6) is 0.953. The molecule has 0 saturated carbocycles. The first kappa shape index (κ1) is 12.5. The molecule has 1 rings (SSSR count). The summed E-state index contributed by atoms with van der Waals surface area (Å²) in [6, 6.07) is 0.0654. The average Bonchev–Trinajstić information content (AvgIpc) is 2.24. The number of nitrogens with zero attached hydrogens (tertiary/aromatic N) is 1. The van der Waals surface area contributed by atoms with Crippen LogP contribution in [-0.2, 0) is 4.79 Å². The molecule has 1 N–H and O–H groups in total. The lowest BCUT2D eigenvalue weighted by atomic mass is 9.93. The van der Waals surface area contributed by atoms with Crippen LogP contribution in [0.15, 0.2) is 0 Å². The fourth-order valence-corrected chi connectivity index (χ4v) is 2.07. The molecule has 3 nitrogen and oxygen atoms in total. The van der Waals surface area contributed by atoms with E-state index in [2.05, 4.69) is 19.2 Å². The second-order valence-electron chi connectivity index (χ2n) is 4.75. The number of likely N-dealkylation sites (N-methyl/N-ethyl adjacent to an activating group) is 1. The lowest BCUT2D eigenvalue weighted by Gasteiger charge is -2.30. The van der Waals surface area contributed by atoms with Crippen LogP contribution in [0.3, 0.4) is 0 Å². The molecule has 1 heterocycles. The van der Waals surface area contributed by atoms with E-state index >= 15 is 0 Å². The maximum atomic E-state index is 12.0. The van der Waals surface area contributed by atoms with E-state index in [0.29, 0.717) is 5.92 Å². The summed E-state index contributed by atoms with van der Waals surface area (Å²) in [6.07, 6.45) is 4.44. The van der Waals surface area contributed by atoms with Crippen LogP contribution in [-0.4, -0.2) is 37.0 Å². The van der Waals surface area contributed by atoms with E-state index in [-0.39, 0.29) is 11.9 Å². The van der Waals surface area contributed by atoms with Gasteiger partial charge in [-0.2, -0.15) is 0 Å². The van der Waals surface area contributed by atoms with Crippen molar-refractivity contribution in [2.24, 2.45) is 5.92 Å². The van der Waals surface area contributed by atoms with Gasteiger partial charge in [-0.15, -0.1) is 0 Å². The van der Waals surface area contributed by atoms with Gasteiger partial charge in [-0.1, -0.05) is 20.3 Å². The third-order valence-electron chi connectivity index (χ3n) is 3.19. The third kappa shape index (κ3) is 3.82. The number of hydrogen-bond donors (Lipinski definition) is 1. The van der Waals surface area contributed by atoms with Crippen molar-refractivity contribution >= 4 is 5.91 Å². The Morgan fingerprint density at radius 3 is 2.87 bits per heavy atom. The summed E-state index contributed by atoms with van der Waals surface area (Å²) in [6.45, 7) is 6.26. The molecule has 0 radical (unpaired) electrons. The van der Waals surface area contributed by atoms with Gasteiger partial charge in [0.05, 0.1) is 6.04 Å². The quantitative estimate of drug-likeness (QED) is 0.768. The molecule has 1 aliphatic heterocycles. The number of amides is 1. The number of carbonyl (C=O) groups is 1. The molecule has 15 heavy (non-hydrogen) atoms. The highest BCUT2D eigenvalue weighted by molar-refractivity contribution is 5.81. The fourth-order valence-electron chi connectivity index (χ4n) is 2.07. The van der Waals surface area contributed by atoms with Crippen LogP contribution < -0.4 is 5.32 Å². The summed E-state index contributed by atoms with van der Waals surface area (Å²) >= 11 is 0. The van der Waals surface area contributed by atoms with Gasteiger partial charge >= 0.3 is 0 Å². The van der Waals surface area contributed by atoms with E-state index in [1.54, 1.807) is 0 Å². The summed E-state index contributed by atoms with van der Waals surface area (Å²) in [7, 11) is 1.92. The largest absolute Gasteiger partial charge is 0.344 e. The number of rotatable bonds is 4. The minimum Gasteiger partial charge on any atom is -0.344 e. The Bertz CT molecular complexity index is 206. The molecule has 0 aromatic rings. The van der Waals surface area contributed by atoms with Crippen molar-refractivity contribution in [1.29, 1.82) is 0 Å². The van der Waals surface area contributed by atoms with E-state index < -0.39 is 0 Å². The van der Waals surface area contributed by atoms with Crippen LogP contribution in [0.5, 0.6) is 0 Å². The number of carbonyl (C=O) groups excluding carboxylic acids is 1. The normalized spacial score (nSPS) is 26.3. The van der Waals surface area contributed by atoms with E-state index in [0.717, 1.165) is 32.4 Å². The summed E-state index contributed by atoms with van der Waals surface area (Å²) in [5.41, 5.74) is 0. The molecule has 1 saturated heterocycles. The highest BCUT2D eigenvalue weighted by atomic mass is 16.2.